The Morgan fingerprint density at radius 3 is 2.65 bits per heavy atom. The smallest absolute Gasteiger partial charge is 0.374 e. The number of hydrogen-bond donors (Lipinski definition) is 1. The normalized spacial score (nSPS) is 10.8. The van der Waals surface area contributed by atoms with E-state index in [4.69, 9.17) is 20.4 Å². The number of benzene rings is 1. The molecular weight excluding hydrogens is 371 g/mol. The second-order valence-electron chi connectivity index (χ2n) is 5.06. The van der Waals surface area contributed by atoms with Gasteiger partial charge in [0.15, 0.2) is 11.6 Å². The van der Waals surface area contributed by atoms with Gasteiger partial charge in [-0.15, -0.1) is 0 Å². The number of methoxy groups -OCH3 is 1. The standard InChI is InChI=1S/C16H10ClFN2O6/c1-6-19-12(13(26-6)15(21)22)7-4-10(18)9(17)3-8(7)14-20-11(5-25-14)16(23)24-2/h3-5H,1-2H3,(H,21,22). The number of carboxylic acids is 1. The van der Waals surface area contributed by atoms with Gasteiger partial charge in [-0.1, -0.05) is 11.6 Å². The van der Waals surface area contributed by atoms with E-state index in [0.29, 0.717) is 0 Å². The van der Waals surface area contributed by atoms with Crippen LogP contribution in [0.2, 0.25) is 5.02 Å². The Hall–Kier alpha value is -3.20. The quantitative estimate of drug-likeness (QED) is 0.683. The Kier molecular flexibility index (Phi) is 4.47. The molecule has 0 aliphatic carbocycles. The number of carboxylic acid groups (broad SMARTS) is 1. The van der Waals surface area contributed by atoms with Crippen molar-refractivity contribution in [3.05, 3.63) is 46.6 Å². The lowest BCUT2D eigenvalue weighted by Gasteiger charge is -2.06. The van der Waals surface area contributed by atoms with E-state index in [2.05, 4.69) is 14.7 Å². The molecular formula is C16H10ClFN2O6. The molecule has 2 heterocycles. The number of aromatic nitrogens is 2. The number of carbonyl (C=O) groups is 2. The number of aromatic carboxylic acids is 1. The summed E-state index contributed by atoms with van der Waals surface area (Å²) >= 11 is 5.83. The van der Waals surface area contributed by atoms with Gasteiger partial charge in [0.25, 0.3) is 0 Å². The van der Waals surface area contributed by atoms with E-state index in [1.165, 1.54) is 20.1 Å². The molecule has 3 rings (SSSR count). The molecule has 134 valence electrons. The molecule has 0 saturated carbocycles. The summed E-state index contributed by atoms with van der Waals surface area (Å²) in [4.78, 5) is 30.9. The Labute approximate surface area is 150 Å². The van der Waals surface area contributed by atoms with Crippen LogP contribution >= 0.6 is 11.6 Å². The van der Waals surface area contributed by atoms with E-state index in [0.717, 1.165) is 12.3 Å². The molecule has 0 bridgehead atoms. The van der Waals surface area contributed by atoms with Crippen LogP contribution in [-0.4, -0.2) is 34.1 Å². The van der Waals surface area contributed by atoms with Gasteiger partial charge < -0.3 is 18.7 Å². The van der Waals surface area contributed by atoms with Crippen LogP contribution in [0.25, 0.3) is 22.7 Å². The fourth-order valence-corrected chi connectivity index (χ4v) is 2.43. The van der Waals surface area contributed by atoms with Crippen LogP contribution in [0.5, 0.6) is 0 Å². The van der Waals surface area contributed by atoms with Gasteiger partial charge in [0.2, 0.25) is 11.7 Å². The van der Waals surface area contributed by atoms with Crippen molar-refractivity contribution < 1.29 is 32.7 Å². The lowest BCUT2D eigenvalue weighted by Crippen LogP contribution is -2.01. The van der Waals surface area contributed by atoms with E-state index in [9.17, 15) is 19.1 Å². The molecule has 0 saturated heterocycles. The second kappa shape index (κ2) is 6.60. The molecule has 0 aliphatic heterocycles. The lowest BCUT2D eigenvalue weighted by molar-refractivity contribution is 0.0593. The van der Waals surface area contributed by atoms with E-state index < -0.39 is 23.5 Å². The van der Waals surface area contributed by atoms with Gasteiger partial charge in [-0.2, -0.15) is 0 Å². The number of esters is 1. The number of oxazole rings is 2. The third kappa shape index (κ3) is 3.04. The first kappa shape index (κ1) is 17.6. The number of aryl methyl sites for hydroxylation is 1. The highest BCUT2D eigenvalue weighted by atomic mass is 35.5. The van der Waals surface area contributed by atoms with Crippen molar-refractivity contribution in [3.63, 3.8) is 0 Å². The fourth-order valence-electron chi connectivity index (χ4n) is 2.27. The topological polar surface area (TPSA) is 116 Å². The van der Waals surface area contributed by atoms with Crippen molar-refractivity contribution in [2.24, 2.45) is 0 Å². The number of halogens is 2. The predicted octanol–water partition coefficient (Wildman–Crippen LogP) is 3.58. The predicted molar refractivity (Wildman–Crippen MR) is 85.4 cm³/mol. The number of ether oxygens (including phenoxy) is 1. The summed E-state index contributed by atoms with van der Waals surface area (Å²) in [5.41, 5.74) is -0.0937. The van der Waals surface area contributed by atoms with Gasteiger partial charge in [-0.25, -0.2) is 23.9 Å². The van der Waals surface area contributed by atoms with Crippen LogP contribution in [0.3, 0.4) is 0 Å². The molecule has 0 radical (unpaired) electrons. The molecule has 10 heteroatoms. The molecule has 0 atom stereocenters. The maximum atomic E-state index is 14.0. The molecule has 8 nitrogen and oxygen atoms in total. The van der Waals surface area contributed by atoms with Crippen molar-refractivity contribution in [2.45, 2.75) is 6.92 Å². The van der Waals surface area contributed by atoms with Crippen molar-refractivity contribution in [1.29, 1.82) is 0 Å². The largest absolute Gasteiger partial charge is 0.475 e. The monoisotopic (exact) mass is 380 g/mol. The number of nitrogens with zero attached hydrogens (tertiary/aromatic N) is 2. The highest BCUT2D eigenvalue weighted by molar-refractivity contribution is 6.31. The maximum Gasteiger partial charge on any atom is 0.374 e. The lowest BCUT2D eigenvalue weighted by atomic mass is 10.0. The minimum Gasteiger partial charge on any atom is -0.475 e. The van der Waals surface area contributed by atoms with Gasteiger partial charge in [0, 0.05) is 18.1 Å². The molecule has 0 amide bonds. The molecule has 1 N–H and O–H groups in total. The fraction of sp³-hybridized carbons (Fsp3) is 0.125. The molecule has 0 aliphatic rings. The van der Waals surface area contributed by atoms with E-state index >= 15 is 0 Å². The zero-order valence-electron chi connectivity index (χ0n) is 13.4. The number of hydrogen-bond acceptors (Lipinski definition) is 7. The second-order valence-corrected chi connectivity index (χ2v) is 5.46. The third-order valence-corrected chi connectivity index (χ3v) is 3.66. The summed E-state index contributed by atoms with van der Waals surface area (Å²) in [5.74, 6) is -3.43. The summed E-state index contributed by atoms with van der Waals surface area (Å²) in [6, 6.07) is 2.18. The van der Waals surface area contributed by atoms with Gasteiger partial charge in [-0.05, 0) is 12.1 Å². The highest BCUT2D eigenvalue weighted by Gasteiger charge is 2.26. The van der Waals surface area contributed by atoms with Crippen LogP contribution in [0.1, 0.15) is 26.9 Å². The third-order valence-electron chi connectivity index (χ3n) is 3.37. The Bertz CT molecular complexity index is 1030. The first-order chi connectivity index (χ1) is 12.3. The highest BCUT2D eigenvalue weighted by Crippen LogP contribution is 2.37. The molecule has 26 heavy (non-hydrogen) atoms. The van der Waals surface area contributed by atoms with Gasteiger partial charge in [-0.3, -0.25) is 0 Å². The summed E-state index contributed by atoms with van der Waals surface area (Å²) in [7, 11) is 1.17. The van der Waals surface area contributed by atoms with Crippen molar-refractivity contribution in [3.8, 4) is 22.7 Å². The van der Waals surface area contributed by atoms with Crippen LogP contribution in [-0.2, 0) is 4.74 Å². The van der Waals surface area contributed by atoms with Crippen LogP contribution in [0, 0.1) is 12.7 Å². The minimum absolute atomic E-state index is 0.0272. The Morgan fingerprint density at radius 2 is 2.00 bits per heavy atom. The molecule has 2 aromatic heterocycles. The van der Waals surface area contributed by atoms with Gasteiger partial charge in [0.1, 0.15) is 17.8 Å². The summed E-state index contributed by atoms with van der Waals surface area (Å²) in [6.45, 7) is 1.45. The number of carbonyl (C=O) groups excluding carboxylic acids is 1. The van der Waals surface area contributed by atoms with Gasteiger partial charge >= 0.3 is 11.9 Å². The zero-order chi connectivity index (χ0) is 19.0. The summed E-state index contributed by atoms with van der Waals surface area (Å²) in [5, 5.41) is 9.03. The molecule has 1 aromatic carbocycles. The van der Waals surface area contributed by atoms with Crippen molar-refractivity contribution in [2.75, 3.05) is 7.11 Å². The first-order valence-corrected chi connectivity index (χ1v) is 7.44. The maximum absolute atomic E-state index is 14.0. The summed E-state index contributed by atoms with van der Waals surface area (Å²) < 4.78 is 28.9. The van der Waals surface area contributed by atoms with E-state index in [1.54, 1.807) is 0 Å². The van der Waals surface area contributed by atoms with Gasteiger partial charge in [0.05, 0.1) is 12.1 Å². The minimum atomic E-state index is -1.38. The molecule has 3 aromatic rings. The zero-order valence-corrected chi connectivity index (χ0v) is 14.1. The first-order valence-electron chi connectivity index (χ1n) is 7.06. The average Bonchev–Trinajstić information content (AvgIpc) is 3.23. The molecule has 0 unspecified atom stereocenters. The Morgan fingerprint density at radius 1 is 1.27 bits per heavy atom. The van der Waals surface area contributed by atoms with Crippen LogP contribution in [0.15, 0.2) is 27.2 Å². The van der Waals surface area contributed by atoms with Crippen LogP contribution in [0.4, 0.5) is 4.39 Å². The SMILES string of the molecule is COC(=O)c1coc(-c2cc(Cl)c(F)cc2-c2nc(C)oc2C(=O)O)n1. The van der Waals surface area contributed by atoms with Crippen molar-refractivity contribution in [1.82, 2.24) is 9.97 Å². The van der Waals surface area contributed by atoms with Crippen molar-refractivity contribution >= 4 is 23.5 Å². The molecule has 0 fully saturated rings. The summed E-state index contributed by atoms with van der Waals surface area (Å²) in [6.07, 6.45) is 1.05. The van der Waals surface area contributed by atoms with Crippen LogP contribution < -0.4 is 0 Å². The Balaban J connectivity index is 2.24. The average molecular weight is 381 g/mol. The molecule has 0 spiro atoms. The van der Waals surface area contributed by atoms with E-state index in [-0.39, 0.29) is 39.3 Å². The van der Waals surface area contributed by atoms with E-state index in [1.807, 2.05) is 0 Å². The number of rotatable bonds is 4.